The van der Waals surface area contributed by atoms with Gasteiger partial charge in [-0.3, -0.25) is 0 Å². The maximum atomic E-state index is 11.8. The molecule has 0 saturated carbocycles. The molecule has 1 aromatic rings. The van der Waals surface area contributed by atoms with Gasteiger partial charge >= 0.3 is 12.0 Å². The van der Waals surface area contributed by atoms with E-state index in [1.54, 1.807) is 11.8 Å². The van der Waals surface area contributed by atoms with E-state index in [1.807, 2.05) is 6.26 Å². The first-order valence-corrected chi connectivity index (χ1v) is 7.82. The summed E-state index contributed by atoms with van der Waals surface area (Å²) in [5, 5.41) is 14.4. The number of urea groups is 1. The molecular weight excluding hydrogens is 292 g/mol. The molecule has 3 N–H and O–H groups in total. The van der Waals surface area contributed by atoms with Gasteiger partial charge in [0.15, 0.2) is 0 Å². The number of hydrogen-bond donors (Lipinski definition) is 3. The predicted molar refractivity (Wildman–Crippen MR) is 84.5 cm³/mol. The molecule has 0 saturated heterocycles. The summed E-state index contributed by atoms with van der Waals surface area (Å²) in [4.78, 5) is 22.7. The zero-order valence-corrected chi connectivity index (χ0v) is 13.1. The van der Waals surface area contributed by atoms with E-state index in [-0.39, 0.29) is 17.3 Å². The van der Waals surface area contributed by atoms with Gasteiger partial charge in [0.1, 0.15) is 11.3 Å². The van der Waals surface area contributed by atoms with Crippen molar-refractivity contribution >= 4 is 29.4 Å². The standard InChI is InChI=1S/C14H20N2O4S/c1-9(8-21-3)7-15-14(19)16-10-4-5-11(13(17)18)12(6-10)20-2/h4-6,9H,7-8H2,1-3H3,(H,17,18)(H2,15,16,19). The fourth-order valence-corrected chi connectivity index (χ4v) is 2.42. The van der Waals surface area contributed by atoms with Gasteiger partial charge in [-0.2, -0.15) is 11.8 Å². The zero-order chi connectivity index (χ0) is 15.8. The quantitative estimate of drug-likeness (QED) is 0.720. The number of benzene rings is 1. The second kappa shape index (κ2) is 8.41. The van der Waals surface area contributed by atoms with Gasteiger partial charge in [-0.1, -0.05) is 6.92 Å². The van der Waals surface area contributed by atoms with Crippen LogP contribution in [-0.2, 0) is 0 Å². The van der Waals surface area contributed by atoms with E-state index in [2.05, 4.69) is 17.6 Å². The van der Waals surface area contributed by atoms with E-state index in [0.717, 1.165) is 5.75 Å². The molecule has 1 aromatic carbocycles. The van der Waals surface area contributed by atoms with Crippen LogP contribution in [0.2, 0.25) is 0 Å². The van der Waals surface area contributed by atoms with Crippen LogP contribution in [-0.4, -0.2) is 42.8 Å². The summed E-state index contributed by atoms with van der Waals surface area (Å²) in [6, 6.07) is 4.08. The summed E-state index contributed by atoms with van der Waals surface area (Å²) < 4.78 is 5.00. The van der Waals surface area contributed by atoms with Gasteiger partial charge in [-0.05, 0) is 30.1 Å². The Labute approximate surface area is 128 Å². The number of amides is 2. The molecule has 2 amide bonds. The van der Waals surface area contributed by atoms with Crippen molar-refractivity contribution in [3.05, 3.63) is 23.8 Å². The number of aromatic carboxylic acids is 1. The summed E-state index contributed by atoms with van der Waals surface area (Å²) in [5.41, 5.74) is 0.531. The molecule has 6 nitrogen and oxygen atoms in total. The number of methoxy groups -OCH3 is 1. The maximum Gasteiger partial charge on any atom is 0.339 e. The first-order chi connectivity index (χ1) is 9.97. The van der Waals surface area contributed by atoms with Gasteiger partial charge in [-0.25, -0.2) is 9.59 Å². The SMILES string of the molecule is COc1cc(NC(=O)NCC(C)CSC)ccc1C(=O)O. The topological polar surface area (TPSA) is 87.7 Å². The van der Waals surface area contributed by atoms with Crippen LogP contribution in [0.1, 0.15) is 17.3 Å². The summed E-state index contributed by atoms with van der Waals surface area (Å²) in [5.74, 6) is 0.487. The molecule has 0 fully saturated rings. The predicted octanol–water partition coefficient (Wildman–Crippen LogP) is 2.51. The van der Waals surface area contributed by atoms with Crippen molar-refractivity contribution in [1.82, 2.24) is 5.32 Å². The van der Waals surface area contributed by atoms with Crippen LogP contribution in [0, 0.1) is 5.92 Å². The van der Waals surface area contributed by atoms with Crippen LogP contribution >= 0.6 is 11.8 Å². The molecule has 116 valence electrons. The van der Waals surface area contributed by atoms with Crippen molar-refractivity contribution < 1.29 is 19.4 Å². The highest BCUT2D eigenvalue weighted by Crippen LogP contribution is 2.23. The van der Waals surface area contributed by atoms with E-state index < -0.39 is 5.97 Å². The van der Waals surface area contributed by atoms with Crippen molar-refractivity contribution in [2.24, 2.45) is 5.92 Å². The Kier molecular flexibility index (Phi) is 6.87. The van der Waals surface area contributed by atoms with Crippen molar-refractivity contribution in [3.63, 3.8) is 0 Å². The molecule has 1 atom stereocenters. The number of thioether (sulfide) groups is 1. The lowest BCUT2D eigenvalue weighted by molar-refractivity contribution is 0.0693. The number of anilines is 1. The number of carboxylic acids is 1. The van der Waals surface area contributed by atoms with Gasteiger partial charge in [0.05, 0.1) is 7.11 Å². The molecule has 0 aliphatic rings. The van der Waals surface area contributed by atoms with Crippen LogP contribution in [0.5, 0.6) is 5.75 Å². The largest absolute Gasteiger partial charge is 0.496 e. The third-order valence-corrected chi connectivity index (χ3v) is 3.65. The van der Waals surface area contributed by atoms with Gasteiger partial charge < -0.3 is 20.5 Å². The molecule has 7 heteroatoms. The minimum absolute atomic E-state index is 0.0528. The van der Waals surface area contributed by atoms with Gasteiger partial charge in [-0.15, -0.1) is 0 Å². The number of carbonyl (C=O) groups is 2. The molecule has 0 heterocycles. The number of hydrogen-bond acceptors (Lipinski definition) is 4. The molecule has 0 spiro atoms. The molecule has 0 aromatic heterocycles. The highest BCUT2D eigenvalue weighted by molar-refractivity contribution is 7.98. The summed E-state index contributed by atoms with van der Waals surface area (Å²) in [6.07, 6.45) is 2.02. The second-order valence-corrected chi connectivity index (χ2v) is 5.53. The number of carbonyl (C=O) groups excluding carboxylic acids is 1. The Morgan fingerprint density at radius 3 is 2.71 bits per heavy atom. The van der Waals surface area contributed by atoms with Gasteiger partial charge in [0.25, 0.3) is 0 Å². The Bertz CT molecular complexity index is 508. The van der Waals surface area contributed by atoms with E-state index in [1.165, 1.54) is 25.3 Å². The van der Waals surface area contributed by atoms with Crippen LogP contribution < -0.4 is 15.4 Å². The Morgan fingerprint density at radius 2 is 2.14 bits per heavy atom. The lowest BCUT2D eigenvalue weighted by Gasteiger charge is -2.13. The van der Waals surface area contributed by atoms with Gasteiger partial charge in [0, 0.05) is 18.3 Å². The Hall–Kier alpha value is -1.89. The Balaban J connectivity index is 2.62. The van der Waals surface area contributed by atoms with E-state index >= 15 is 0 Å². The number of rotatable bonds is 7. The lowest BCUT2D eigenvalue weighted by Crippen LogP contribution is -2.33. The van der Waals surface area contributed by atoms with Crippen LogP contribution in [0.25, 0.3) is 0 Å². The molecular formula is C14H20N2O4S. The molecule has 0 aliphatic heterocycles. The highest BCUT2D eigenvalue weighted by Gasteiger charge is 2.12. The van der Waals surface area contributed by atoms with Crippen molar-refractivity contribution in [1.29, 1.82) is 0 Å². The van der Waals surface area contributed by atoms with E-state index in [0.29, 0.717) is 18.2 Å². The van der Waals surface area contributed by atoms with Crippen LogP contribution in [0.3, 0.4) is 0 Å². The maximum absolute atomic E-state index is 11.8. The normalized spacial score (nSPS) is 11.6. The highest BCUT2D eigenvalue weighted by atomic mass is 32.2. The molecule has 1 rings (SSSR count). The Morgan fingerprint density at radius 1 is 1.43 bits per heavy atom. The zero-order valence-electron chi connectivity index (χ0n) is 12.3. The van der Waals surface area contributed by atoms with Gasteiger partial charge in [0.2, 0.25) is 0 Å². The van der Waals surface area contributed by atoms with Crippen molar-refractivity contribution in [2.45, 2.75) is 6.92 Å². The first kappa shape index (κ1) is 17.2. The average molecular weight is 312 g/mol. The van der Waals surface area contributed by atoms with E-state index in [9.17, 15) is 9.59 Å². The minimum atomic E-state index is -1.08. The van der Waals surface area contributed by atoms with Crippen molar-refractivity contribution in [3.8, 4) is 5.75 Å². The molecule has 1 unspecified atom stereocenters. The van der Waals surface area contributed by atoms with E-state index in [4.69, 9.17) is 9.84 Å². The molecule has 21 heavy (non-hydrogen) atoms. The summed E-state index contributed by atoms with van der Waals surface area (Å²) in [7, 11) is 1.38. The van der Waals surface area contributed by atoms with Crippen LogP contribution in [0.4, 0.5) is 10.5 Å². The third-order valence-electron chi connectivity index (χ3n) is 2.75. The number of ether oxygens (including phenoxy) is 1. The first-order valence-electron chi connectivity index (χ1n) is 6.43. The molecule has 0 bridgehead atoms. The number of nitrogens with one attached hydrogen (secondary N) is 2. The smallest absolute Gasteiger partial charge is 0.339 e. The van der Waals surface area contributed by atoms with Crippen LogP contribution in [0.15, 0.2) is 18.2 Å². The lowest BCUT2D eigenvalue weighted by atomic mass is 10.2. The number of carboxylic acid groups (broad SMARTS) is 1. The molecule has 0 radical (unpaired) electrons. The van der Waals surface area contributed by atoms with Crippen molar-refractivity contribution in [2.75, 3.05) is 31.0 Å². The fourth-order valence-electron chi connectivity index (χ4n) is 1.73. The minimum Gasteiger partial charge on any atom is -0.496 e. The average Bonchev–Trinajstić information content (AvgIpc) is 2.45. The third kappa shape index (κ3) is 5.55. The fraction of sp³-hybridized carbons (Fsp3) is 0.429. The monoisotopic (exact) mass is 312 g/mol. The molecule has 0 aliphatic carbocycles. The second-order valence-electron chi connectivity index (χ2n) is 4.62. The summed E-state index contributed by atoms with van der Waals surface area (Å²) in [6.45, 7) is 2.64. The summed E-state index contributed by atoms with van der Waals surface area (Å²) >= 11 is 1.73.